The third kappa shape index (κ3) is 4.18. The van der Waals surface area contributed by atoms with Crippen molar-refractivity contribution in [2.45, 2.75) is 9.79 Å². The molecule has 0 aliphatic heterocycles. The fourth-order valence-electron chi connectivity index (χ4n) is 2.69. The van der Waals surface area contributed by atoms with E-state index in [1.807, 2.05) is 0 Å². The normalized spacial score (nSPS) is 12.5. The molecule has 11 nitrogen and oxygen atoms in total. The average molecular weight is 453 g/mol. The van der Waals surface area contributed by atoms with Gasteiger partial charge in [-0.3, -0.25) is 9.11 Å². The largest absolute Gasteiger partial charge is 0.505 e. The lowest BCUT2D eigenvalue weighted by Crippen LogP contribution is -2.02. The monoisotopic (exact) mass is 453 g/mol. The van der Waals surface area contributed by atoms with Crippen molar-refractivity contribution >= 4 is 48.1 Å². The number of benzene rings is 3. The highest BCUT2D eigenvalue weighted by Crippen LogP contribution is 2.44. The number of phenolic OH excluding ortho intramolecular Hbond substituents is 1. The van der Waals surface area contributed by atoms with Crippen molar-refractivity contribution in [2.24, 2.45) is 10.2 Å². The quantitative estimate of drug-likeness (QED) is 0.255. The number of hydrogen-bond donors (Lipinski definition) is 4. The van der Waals surface area contributed by atoms with Gasteiger partial charge in [0, 0.05) is 11.1 Å². The van der Waals surface area contributed by atoms with Gasteiger partial charge in [0.1, 0.15) is 16.3 Å². The maximum absolute atomic E-state index is 11.8. The molecular formula is C17H15N3O8S2. The zero-order valence-electron chi connectivity index (χ0n) is 15.2. The predicted octanol–water partition coefficient (Wildman–Crippen LogP) is 3.04. The van der Waals surface area contributed by atoms with E-state index in [0.717, 1.165) is 18.2 Å². The molecule has 0 fully saturated rings. The van der Waals surface area contributed by atoms with Gasteiger partial charge < -0.3 is 15.6 Å². The lowest BCUT2D eigenvalue weighted by Gasteiger charge is -2.11. The van der Waals surface area contributed by atoms with Crippen molar-refractivity contribution < 1.29 is 35.8 Å². The van der Waals surface area contributed by atoms with Crippen LogP contribution in [0.25, 0.3) is 10.8 Å². The van der Waals surface area contributed by atoms with E-state index in [2.05, 4.69) is 10.2 Å². The van der Waals surface area contributed by atoms with Gasteiger partial charge in [0.15, 0.2) is 5.75 Å². The van der Waals surface area contributed by atoms with Crippen LogP contribution < -0.4 is 10.5 Å². The summed E-state index contributed by atoms with van der Waals surface area (Å²) in [7, 11) is -8.10. The van der Waals surface area contributed by atoms with Crippen molar-refractivity contribution in [3.63, 3.8) is 0 Å². The van der Waals surface area contributed by atoms with Crippen LogP contribution in [0.4, 0.5) is 17.1 Å². The number of azo groups is 1. The second-order valence-corrected chi connectivity index (χ2v) is 8.84. The van der Waals surface area contributed by atoms with Crippen LogP contribution in [0.3, 0.4) is 0 Å². The number of nitrogens with two attached hydrogens (primary N) is 1. The van der Waals surface area contributed by atoms with E-state index in [4.69, 9.17) is 10.5 Å². The van der Waals surface area contributed by atoms with Crippen molar-refractivity contribution in [1.29, 1.82) is 0 Å². The van der Waals surface area contributed by atoms with Gasteiger partial charge in [-0.1, -0.05) is 0 Å². The number of hydrogen-bond acceptors (Lipinski definition) is 9. The van der Waals surface area contributed by atoms with Gasteiger partial charge >= 0.3 is 0 Å². The zero-order valence-corrected chi connectivity index (χ0v) is 16.8. The third-order valence-electron chi connectivity index (χ3n) is 4.07. The molecule has 30 heavy (non-hydrogen) atoms. The molecule has 3 rings (SSSR count). The SMILES string of the molecule is COc1ccc(N=Nc2c(S(=O)(=O)O)cc3cc(S(=O)(=O)O)cc(N)c3c2O)cc1. The summed E-state index contributed by atoms with van der Waals surface area (Å²) in [6, 6.07) is 8.81. The first kappa shape index (κ1) is 21.4. The van der Waals surface area contributed by atoms with Crippen molar-refractivity contribution in [3.8, 4) is 11.5 Å². The summed E-state index contributed by atoms with van der Waals surface area (Å²) in [6.07, 6.45) is 0. The Hall–Kier alpha value is -3.26. The minimum absolute atomic E-state index is 0.140. The number of rotatable bonds is 5. The summed E-state index contributed by atoms with van der Waals surface area (Å²) in [4.78, 5) is -1.46. The molecule has 13 heteroatoms. The molecule has 158 valence electrons. The molecule has 3 aromatic carbocycles. The first-order valence-corrected chi connectivity index (χ1v) is 10.9. The number of aromatic hydroxyl groups is 1. The van der Waals surface area contributed by atoms with E-state index in [-0.39, 0.29) is 22.1 Å². The van der Waals surface area contributed by atoms with E-state index in [1.54, 1.807) is 12.1 Å². The molecule has 0 aliphatic rings. The summed E-state index contributed by atoms with van der Waals surface area (Å²) in [5, 5.41) is 17.8. The van der Waals surface area contributed by atoms with Crippen LogP contribution in [0.5, 0.6) is 11.5 Å². The van der Waals surface area contributed by atoms with Crippen LogP contribution in [0.2, 0.25) is 0 Å². The van der Waals surface area contributed by atoms with E-state index < -0.39 is 41.5 Å². The minimum Gasteiger partial charge on any atom is -0.505 e. The zero-order chi connectivity index (χ0) is 22.3. The Morgan fingerprint density at radius 1 is 0.933 bits per heavy atom. The number of anilines is 1. The number of nitrogen functional groups attached to an aromatic ring is 1. The molecule has 0 saturated carbocycles. The second-order valence-electron chi connectivity index (χ2n) is 6.03. The van der Waals surface area contributed by atoms with Crippen LogP contribution in [0.15, 0.2) is 62.5 Å². The molecule has 0 saturated heterocycles. The highest BCUT2D eigenvalue weighted by atomic mass is 32.2. The fourth-order valence-corrected chi connectivity index (χ4v) is 3.90. The number of fused-ring (bicyclic) bond motifs is 1. The Kier molecular flexibility index (Phi) is 5.38. The van der Waals surface area contributed by atoms with Crippen LogP contribution in [-0.2, 0) is 20.2 Å². The summed E-state index contributed by atoms with van der Waals surface area (Å²) >= 11 is 0. The van der Waals surface area contributed by atoms with Gasteiger partial charge in [-0.05, 0) is 47.9 Å². The molecule has 0 amide bonds. The molecule has 0 atom stereocenters. The minimum atomic E-state index is -4.91. The first-order valence-electron chi connectivity index (χ1n) is 8.02. The summed E-state index contributed by atoms with van der Waals surface area (Å²) in [6.45, 7) is 0. The van der Waals surface area contributed by atoms with Gasteiger partial charge in [0.2, 0.25) is 0 Å². The van der Waals surface area contributed by atoms with Crippen molar-refractivity contribution in [3.05, 3.63) is 42.5 Å². The van der Waals surface area contributed by atoms with Crippen molar-refractivity contribution in [2.75, 3.05) is 12.8 Å². The summed E-state index contributed by atoms with van der Waals surface area (Å²) < 4.78 is 70.3. The van der Waals surface area contributed by atoms with Crippen LogP contribution in [0.1, 0.15) is 0 Å². The number of methoxy groups -OCH3 is 1. The molecular weight excluding hydrogens is 438 g/mol. The number of ether oxygens (including phenoxy) is 1. The molecule has 0 heterocycles. The number of phenols is 1. The van der Waals surface area contributed by atoms with Gasteiger partial charge in [0.25, 0.3) is 20.2 Å². The Balaban J connectivity index is 2.28. The lowest BCUT2D eigenvalue weighted by molar-refractivity contribution is 0.415. The molecule has 0 aromatic heterocycles. The summed E-state index contributed by atoms with van der Waals surface area (Å²) in [5.74, 6) is -0.208. The van der Waals surface area contributed by atoms with E-state index in [1.165, 1.54) is 19.2 Å². The Bertz CT molecular complexity index is 1380. The van der Waals surface area contributed by atoms with Crippen LogP contribution >= 0.6 is 0 Å². The van der Waals surface area contributed by atoms with Gasteiger partial charge in [-0.15, -0.1) is 5.11 Å². The highest BCUT2D eigenvalue weighted by Gasteiger charge is 2.24. The molecule has 0 spiro atoms. The maximum atomic E-state index is 11.8. The van der Waals surface area contributed by atoms with Crippen LogP contribution in [-0.4, -0.2) is 38.2 Å². The van der Waals surface area contributed by atoms with Gasteiger partial charge in [-0.2, -0.15) is 21.9 Å². The first-order chi connectivity index (χ1) is 13.9. The molecule has 5 N–H and O–H groups in total. The van der Waals surface area contributed by atoms with E-state index in [0.29, 0.717) is 5.75 Å². The smallest absolute Gasteiger partial charge is 0.296 e. The lowest BCUT2D eigenvalue weighted by atomic mass is 10.1. The fraction of sp³-hybridized carbons (Fsp3) is 0.0588. The van der Waals surface area contributed by atoms with Crippen LogP contribution in [0, 0.1) is 0 Å². The molecule has 3 aromatic rings. The van der Waals surface area contributed by atoms with Gasteiger partial charge in [0.05, 0.1) is 17.7 Å². The van der Waals surface area contributed by atoms with Gasteiger partial charge in [-0.25, -0.2) is 0 Å². The number of nitrogens with zero attached hydrogens (tertiary/aromatic N) is 2. The Morgan fingerprint density at radius 2 is 1.57 bits per heavy atom. The Morgan fingerprint density at radius 3 is 2.10 bits per heavy atom. The molecule has 0 bridgehead atoms. The molecule has 0 radical (unpaired) electrons. The topological polar surface area (TPSA) is 189 Å². The van der Waals surface area contributed by atoms with E-state index in [9.17, 15) is 31.0 Å². The average Bonchev–Trinajstić information content (AvgIpc) is 2.65. The van der Waals surface area contributed by atoms with Crippen molar-refractivity contribution in [1.82, 2.24) is 0 Å². The second kappa shape index (κ2) is 7.53. The standard InChI is InChI=1S/C17H15N3O8S2/c1-28-11-4-2-10(3-5-11)19-20-16-14(30(25,26)27)7-9-6-12(29(22,23)24)8-13(18)15(9)17(16)21/h2-8,21H,18H2,1H3,(H,22,23,24)(H,25,26,27). The molecule has 0 unspecified atom stereocenters. The Labute approximate surface area is 170 Å². The third-order valence-corrected chi connectivity index (χ3v) is 5.77. The highest BCUT2D eigenvalue weighted by molar-refractivity contribution is 7.86. The maximum Gasteiger partial charge on any atom is 0.296 e. The summed E-state index contributed by atoms with van der Waals surface area (Å²) in [5.41, 5.74) is 5.19. The van der Waals surface area contributed by atoms with E-state index >= 15 is 0 Å². The molecule has 0 aliphatic carbocycles. The predicted molar refractivity (Wildman–Crippen MR) is 107 cm³/mol.